The van der Waals surface area contributed by atoms with Crippen LogP contribution < -0.4 is 0 Å². The van der Waals surface area contributed by atoms with Crippen LogP contribution in [-0.4, -0.2) is 59.4 Å². The summed E-state index contributed by atoms with van der Waals surface area (Å²) in [6.07, 6.45) is -0.882. The average molecular weight is 563 g/mol. The second kappa shape index (κ2) is 12.5. The lowest BCUT2D eigenvalue weighted by atomic mass is 9.73. The lowest BCUT2D eigenvalue weighted by Crippen LogP contribution is -2.57. The smallest absolute Gasteiger partial charge is 0.308 e. The Balaban J connectivity index is 2.94. The van der Waals surface area contributed by atoms with Crippen molar-refractivity contribution in [2.75, 3.05) is 0 Å². The Kier molecular flexibility index (Phi) is 10.3. The summed E-state index contributed by atoms with van der Waals surface area (Å²) in [6.45, 7) is 17.5. The van der Waals surface area contributed by atoms with Gasteiger partial charge in [0.05, 0.1) is 11.8 Å². The fraction of sp³-hybridized carbons (Fsp3) is 0.667. The minimum atomic E-state index is -1.89. The molecule has 2 aliphatic rings. The lowest BCUT2D eigenvalue weighted by molar-refractivity contribution is -0.185. The second-order valence-electron chi connectivity index (χ2n) is 11.8. The van der Waals surface area contributed by atoms with E-state index in [4.69, 9.17) is 18.9 Å². The maximum atomic E-state index is 14.2. The van der Waals surface area contributed by atoms with E-state index in [1.807, 2.05) is 0 Å². The van der Waals surface area contributed by atoms with E-state index < -0.39 is 82.7 Å². The van der Waals surface area contributed by atoms with Crippen LogP contribution in [0, 0.1) is 29.1 Å². The molecule has 2 aliphatic carbocycles. The van der Waals surface area contributed by atoms with Crippen LogP contribution in [0.2, 0.25) is 0 Å². The van der Waals surface area contributed by atoms with E-state index in [1.165, 1.54) is 6.92 Å². The number of Topliss-reactive ketones (excluding diaryl/α,β-unsaturated/α-hetero) is 2. The van der Waals surface area contributed by atoms with Crippen LogP contribution in [-0.2, 0) is 47.7 Å². The summed E-state index contributed by atoms with van der Waals surface area (Å²) in [7, 11) is 0. The van der Waals surface area contributed by atoms with Crippen molar-refractivity contribution in [1.82, 2.24) is 0 Å². The van der Waals surface area contributed by atoms with Gasteiger partial charge in [0.15, 0.2) is 11.4 Å². The van der Waals surface area contributed by atoms with Crippen LogP contribution in [0.4, 0.5) is 0 Å². The fourth-order valence-corrected chi connectivity index (χ4v) is 5.48. The Bertz CT molecular complexity index is 1100. The number of fused-ring (bicyclic) bond motifs is 1. The molecule has 0 saturated heterocycles. The summed E-state index contributed by atoms with van der Waals surface area (Å²) in [5, 5.41) is 0. The van der Waals surface area contributed by atoms with Gasteiger partial charge in [0, 0.05) is 50.5 Å². The van der Waals surface area contributed by atoms with Gasteiger partial charge in [0.1, 0.15) is 24.1 Å². The highest BCUT2D eigenvalue weighted by Gasteiger charge is 2.65. The van der Waals surface area contributed by atoms with Crippen molar-refractivity contribution in [1.29, 1.82) is 0 Å². The Hall–Kier alpha value is -3.30. The van der Waals surface area contributed by atoms with Gasteiger partial charge in [-0.15, -0.1) is 0 Å². The van der Waals surface area contributed by atoms with Crippen LogP contribution in [0.3, 0.4) is 0 Å². The molecule has 1 fully saturated rings. The zero-order chi connectivity index (χ0) is 30.7. The van der Waals surface area contributed by atoms with Crippen molar-refractivity contribution in [3.05, 3.63) is 24.3 Å². The standard InChI is InChI=1S/C30H42O10/c1-15(2)28(36)39-22-13-23(34)29(9,10)12-11-16(3)27(35)30(40-21(8)33)14-17(4)25(37-19(6)31)24(30)26(18(22)5)38-20(7)32/h11-12,15-17,22,24-26H,5,13-14H2,1-4,6-10H3/b12-11+/t16-,17+,22-,24-,25+,26-,30-/m1/s1. The molecule has 0 aromatic rings. The number of ether oxygens (including phenoxy) is 4. The molecular weight excluding hydrogens is 520 g/mol. The molecular formula is C30H42O10. The molecule has 0 unspecified atom stereocenters. The summed E-state index contributed by atoms with van der Waals surface area (Å²) in [4.78, 5) is 77.6. The SMILES string of the molecule is C=C1[C@@H](OC(C)=O)[C@H]2[C@@H](OC(C)=O)[C@@H](C)C[C@]2(OC(C)=O)C(=O)[C@H](C)/C=C/C(C)(C)C(=O)C[C@H]1OC(=O)C(C)C. The van der Waals surface area contributed by atoms with E-state index in [1.54, 1.807) is 53.7 Å². The van der Waals surface area contributed by atoms with Gasteiger partial charge < -0.3 is 18.9 Å². The highest BCUT2D eigenvalue weighted by molar-refractivity contribution is 5.94. The van der Waals surface area contributed by atoms with E-state index in [0.717, 1.165) is 13.8 Å². The summed E-state index contributed by atoms with van der Waals surface area (Å²) < 4.78 is 23.0. The third-order valence-corrected chi connectivity index (χ3v) is 7.56. The number of rotatable bonds is 5. The van der Waals surface area contributed by atoms with Crippen molar-refractivity contribution in [2.24, 2.45) is 29.1 Å². The van der Waals surface area contributed by atoms with Gasteiger partial charge in [-0.2, -0.15) is 0 Å². The van der Waals surface area contributed by atoms with Crippen LogP contribution in [0.5, 0.6) is 0 Å². The fourth-order valence-electron chi connectivity index (χ4n) is 5.48. The van der Waals surface area contributed by atoms with E-state index >= 15 is 0 Å². The molecule has 0 spiro atoms. The Morgan fingerprint density at radius 2 is 1.52 bits per heavy atom. The Morgan fingerprint density at radius 1 is 0.950 bits per heavy atom. The zero-order valence-corrected chi connectivity index (χ0v) is 24.9. The van der Waals surface area contributed by atoms with Crippen molar-refractivity contribution in [3.63, 3.8) is 0 Å². The first kappa shape index (κ1) is 32.9. The van der Waals surface area contributed by atoms with Crippen LogP contribution >= 0.6 is 0 Å². The molecule has 0 bridgehead atoms. The lowest BCUT2D eigenvalue weighted by Gasteiger charge is -2.41. The number of carbonyl (C=O) groups is 6. The predicted molar refractivity (Wildman–Crippen MR) is 143 cm³/mol. The maximum absolute atomic E-state index is 14.2. The largest absolute Gasteiger partial charge is 0.462 e. The van der Waals surface area contributed by atoms with Gasteiger partial charge in [-0.3, -0.25) is 28.8 Å². The van der Waals surface area contributed by atoms with E-state index in [-0.39, 0.29) is 24.2 Å². The molecule has 10 nitrogen and oxygen atoms in total. The van der Waals surface area contributed by atoms with E-state index in [0.29, 0.717) is 0 Å². The Labute approximate surface area is 235 Å². The zero-order valence-electron chi connectivity index (χ0n) is 24.9. The summed E-state index contributed by atoms with van der Waals surface area (Å²) in [6, 6.07) is 0. The molecule has 10 heteroatoms. The topological polar surface area (TPSA) is 139 Å². The van der Waals surface area contributed by atoms with Gasteiger partial charge in [0.25, 0.3) is 0 Å². The normalized spacial score (nSPS) is 33.2. The molecule has 0 aromatic heterocycles. The molecule has 0 radical (unpaired) electrons. The second-order valence-corrected chi connectivity index (χ2v) is 11.8. The number of carbonyl (C=O) groups excluding carboxylic acids is 6. The van der Waals surface area contributed by atoms with Crippen LogP contribution in [0.1, 0.15) is 75.2 Å². The molecule has 0 heterocycles. The van der Waals surface area contributed by atoms with Gasteiger partial charge in [0.2, 0.25) is 0 Å². The molecule has 0 aliphatic heterocycles. The number of allylic oxidation sites excluding steroid dienone is 2. The van der Waals surface area contributed by atoms with Gasteiger partial charge in [-0.1, -0.05) is 46.4 Å². The minimum absolute atomic E-state index is 0.00568. The number of hydrogen-bond donors (Lipinski definition) is 0. The molecule has 7 atom stereocenters. The number of hydrogen-bond acceptors (Lipinski definition) is 10. The predicted octanol–water partition coefficient (Wildman–Crippen LogP) is 3.69. The monoisotopic (exact) mass is 562 g/mol. The van der Waals surface area contributed by atoms with Crippen LogP contribution in [0.25, 0.3) is 0 Å². The van der Waals surface area contributed by atoms with Gasteiger partial charge >= 0.3 is 23.9 Å². The summed E-state index contributed by atoms with van der Waals surface area (Å²) in [5.74, 6) is -6.77. The highest BCUT2D eigenvalue weighted by atomic mass is 16.6. The van der Waals surface area contributed by atoms with Gasteiger partial charge in [-0.05, 0) is 19.8 Å². The van der Waals surface area contributed by atoms with Crippen molar-refractivity contribution >= 4 is 35.4 Å². The first-order chi connectivity index (χ1) is 18.3. The third-order valence-electron chi connectivity index (χ3n) is 7.56. The minimum Gasteiger partial charge on any atom is -0.462 e. The van der Waals surface area contributed by atoms with Crippen molar-refractivity contribution in [2.45, 2.75) is 99.1 Å². The quantitative estimate of drug-likeness (QED) is 0.277. The molecule has 40 heavy (non-hydrogen) atoms. The first-order valence-electron chi connectivity index (χ1n) is 13.5. The molecule has 0 aromatic carbocycles. The van der Waals surface area contributed by atoms with Crippen molar-refractivity contribution in [3.8, 4) is 0 Å². The molecule has 1 saturated carbocycles. The van der Waals surface area contributed by atoms with E-state index in [2.05, 4.69) is 6.58 Å². The number of ketones is 2. The molecule has 222 valence electrons. The highest BCUT2D eigenvalue weighted by Crippen LogP contribution is 2.50. The molecule has 0 amide bonds. The summed E-state index contributed by atoms with van der Waals surface area (Å²) >= 11 is 0. The number of esters is 4. The van der Waals surface area contributed by atoms with Crippen LogP contribution in [0.15, 0.2) is 24.3 Å². The van der Waals surface area contributed by atoms with E-state index in [9.17, 15) is 28.8 Å². The Morgan fingerprint density at radius 3 is 2.02 bits per heavy atom. The summed E-state index contributed by atoms with van der Waals surface area (Å²) in [5.41, 5.74) is -2.95. The average Bonchev–Trinajstić information content (AvgIpc) is 3.08. The van der Waals surface area contributed by atoms with Crippen molar-refractivity contribution < 1.29 is 47.7 Å². The third kappa shape index (κ3) is 7.06. The molecule has 2 rings (SSSR count). The van der Waals surface area contributed by atoms with Gasteiger partial charge in [-0.25, -0.2) is 0 Å². The molecule has 0 N–H and O–H groups in total. The first-order valence-corrected chi connectivity index (χ1v) is 13.5. The maximum Gasteiger partial charge on any atom is 0.308 e.